The molecule has 0 atom stereocenters. The third-order valence-corrected chi connectivity index (χ3v) is 5.24. The van der Waals surface area contributed by atoms with Crippen molar-refractivity contribution in [2.24, 2.45) is 0 Å². The zero-order chi connectivity index (χ0) is 19.2. The predicted molar refractivity (Wildman–Crippen MR) is 116 cm³/mol. The van der Waals surface area contributed by atoms with Crippen LogP contribution in [0.4, 0.5) is 0 Å². The molecule has 1 N–H and O–H groups in total. The van der Waals surface area contributed by atoms with Gasteiger partial charge >= 0.3 is 0 Å². The lowest BCUT2D eigenvalue weighted by molar-refractivity contribution is 0.475. The average molecular weight is 371 g/mol. The highest BCUT2D eigenvalue weighted by Crippen LogP contribution is 2.24. The van der Waals surface area contributed by atoms with E-state index in [2.05, 4.69) is 25.1 Å². The number of allylic oxidation sites excluding steroid dienone is 2. The summed E-state index contributed by atoms with van der Waals surface area (Å²) in [6, 6.07) is 7.36. The van der Waals surface area contributed by atoms with Gasteiger partial charge in [-0.15, -0.1) is 0 Å². The maximum atomic E-state index is 9.51. The highest BCUT2D eigenvalue weighted by molar-refractivity contribution is 5.79. The van der Waals surface area contributed by atoms with Crippen molar-refractivity contribution in [3.63, 3.8) is 0 Å². The van der Waals surface area contributed by atoms with Gasteiger partial charge in [-0.1, -0.05) is 76.9 Å². The first-order valence-corrected chi connectivity index (χ1v) is 11.2. The van der Waals surface area contributed by atoms with E-state index in [4.69, 9.17) is 4.42 Å². The summed E-state index contributed by atoms with van der Waals surface area (Å²) in [5, 5.41) is 10.5. The smallest absolute Gasteiger partial charge is 0.134 e. The number of phenolic OH excluding ortho intramolecular Hbond substituents is 1. The summed E-state index contributed by atoms with van der Waals surface area (Å²) in [7, 11) is 0. The van der Waals surface area contributed by atoms with E-state index < -0.39 is 0 Å². The van der Waals surface area contributed by atoms with Gasteiger partial charge in [0.15, 0.2) is 0 Å². The lowest BCUT2D eigenvalue weighted by Gasteiger charge is -2.02. The molecule has 0 spiro atoms. The molecule has 0 aliphatic rings. The van der Waals surface area contributed by atoms with Crippen LogP contribution in [0.3, 0.4) is 0 Å². The van der Waals surface area contributed by atoms with Gasteiger partial charge < -0.3 is 9.52 Å². The van der Waals surface area contributed by atoms with E-state index in [9.17, 15) is 5.11 Å². The minimum Gasteiger partial charge on any atom is -0.508 e. The summed E-state index contributed by atoms with van der Waals surface area (Å²) >= 11 is 0. The number of furan rings is 1. The van der Waals surface area contributed by atoms with E-state index in [-0.39, 0.29) is 0 Å². The van der Waals surface area contributed by atoms with Crippen molar-refractivity contribution in [2.45, 2.75) is 96.8 Å². The fourth-order valence-corrected chi connectivity index (χ4v) is 3.57. The Labute approximate surface area is 165 Å². The van der Waals surface area contributed by atoms with Gasteiger partial charge in [-0.3, -0.25) is 0 Å². The molecule has 2 heteroatoms. The van der Waals surface area contributed by atoms with E-state index in [0.717, 1.165) is 23.2 Å². The quantitative estimate of drug-likeness (QED) is 0.252. The van der Waals surface area contributed by atoms with Crippen molar-refractivity contribution in [1.29, 1.82) is 0 Å². The van der Waals surface area contributed by atoms with Gasteiger partial charge in [-0.25, -0.2) is 0 Å². The lowest BCUT2D eigenvalue weighted by Crippen LogP contribution is -1.84. The average Bonchev–Trinajstić information content (AvgIpc) is 3.06. The SMILES string of the molecule is CCCC/C=C\CCCCCCCCCCCc1cc2cc(O)ccc2o1. The fraction of sp³-hybridized carbons (Fsp3) is 0.600. The molecule has 2 nitrogen and oxygen atoms in total. The Hall–Kier alpha value is -1.70. The predicted octanol–water partition coefficient (Wildman–Crippen LogP) is 8.33. The summed E-state index contributed by atoms with van der Waals surface area (Å²) in [6.45, 7) is 2.25. The topological polar surface area (TPSA) is 33.4 Å². The Kier molecular flexibility index (Phi) is 10.8. The standard InChI is InChI=1S/C25H38O2/c1-2-3-4-5-6-7-8-9-10-11-12-13-14-15-16-17-24-21-22-20-23(26)18-19-25(22)27-24/h5-6,18-21,26H,2-4,7-17H2,1H3/b6-5-. The van der Waals surface area contributed by atoms with Gasteiger partial charge in [0.05, 0.1) is 0 Å². The second-order valence-electron chi connectivity index (χ2n) is 7.77. The van der Waals surface area contributed by atoms with Crippen LogP contribution in [0, 0.1) is 0 Å². The van der Waals surface area contributed by atoms with Gasteiger partial charge in [0.25, 0.3) is 0 Å². The van der Waals surface area contributed by atoms with E-state index >= 15 is 0 Å². The number of rotatable bonds is 15. The number of benzene rings is 1. The molecule has 2 aromatic rings. The molecular weight excluding hydrogens is 332 g/mol. The molecule has 0 bridgehead atoms. The molecule has 0 radical (unpaired) electrons. The number of phenols is 1. The third-order valence-electron chi connectivity index (χ3n) is 5.24. The van der Waals surface area contributed by atoms with Gasteiger partial charge in [-0.2, -0.15) is 0 Å². The largest absolute Gasteiger partial charge is 0.508 e. The van der Waals surface area contributed by atoms with Gasteiger partial charge in [-0.05, 0) is 49.9 Å². The molecule has 0 fully saturated rings. The maximum absolute atomic E-state index is 9.51. The Morgan fingerprint density at radius 3 is 2.11 bits per heavy atom. The zero-order valence-corrected chi connectivity index (χ0v) is 17.2. The third kappa shape index (κ3) is 9.17. The minimum atomic E-state index is 0.304. The summed E-state index contributed by atoms with van der Waals surface area (Å²) < 4.78 is 5.83. The normalized spacial score (nSPS) is 11.7. The number of unbranched alkanes of at least 4 members (excludes halogenated alkanes) is 11. The maximum Gasteiger partial charge on any atom is 0.134 e. The number of fused-ring (bicyclic) bond motifs is 1. The molecule has 0 unspecified atom stereocenters. The fourth-order valence-electron chi connectivity index (χ4n) is 3.57. The molecule has 1 aromatic carbocycles. The zero-order valence-electron chi connectivity index (χ0n) is 17.2. The first-order chi connectivity index (χ1) is 13.3. The Morgan fingerprint density at radius 2 is 1.41 bits per heavy atom. The second kappa shape index (κ2) is 13.5. The number of aromatic hydroxyl groups is 1. The second-order valence-corrected chi connectivity index (χ2v) is 7.77. The van der Waals surface area contributed by atoms with E-state index in [1.807, 2.05) is 6.07 Å². The van der Waals surface area contributed by atoms with Crippen molar-refractivity contribution in [1.82, 2.24) is 0 Å². The Morgan fingerprint density at radius 1 is 0.778 bits per heavy atom. The molecular formula is C25H38O2. The first kappa shape index (κ1) is 21.6. The lowest BCUT2D eigenvalue weighted by atomic mass is 10.1. The van der Waals surface area contributed by atoms with E-state index in [1.54, 1.807) is 12.1 Å². The summed E-state index contributed by atoms with van der Waals surface area (Å²) in [6.07, 6.45) is 23.0. The molecule has 1 aromatic heterocycles. The highest BCUT2D eigenvalue weighted by Gasteiger charge is 2.04. The molecule has 2 rings (SSSR count). The van der Waals surface area contributed by atoms with Crippen LogP contribution in [-0.4, -0.2) is 5.11 Å². The van der Waals surface area contributed by atoms with Crippen LogP contribution in [0.5, 0.6) is 5.75 Å². The molecule has 0 aliphatic carbocycles. The number of aryl methyl sites for hydroxylation is 1. The van der Waals surface area contributed by atoms with Crippen molar-refractivity contribution in [3.05, 3.63) is 42.2 Å². The number of hydrogen-bond donors (Lipinski definition) is 1. The summed E-state index contributed by atoms with van der Waals surface area (Å²) in [5.41, 5.74) is 0.874. The highest BCUT2D eigenvalue weighted by atomic mass is 16.3. The summed E-state index contributed by atoms with van der Waals surface area (Å²) in [4.78, 5) is 0. The molecule has 1 heterocycles. The van der Waals surface area contributed by atoms with Crippen LogP contribution >= 0.6 is 0 Å². The van der Waals surface area contributed by atoms with E-state index in [1.165, 1.54) is 83.5 Å². The van der Waals surface area contributed by atoms with Crippen molar-refractivity contribution in [2.75, 3.05) is 0 Å². The van der Waals surface area contributed by atoms with Crippen molar-refractivity contribution < 1.29 is 9.52 Å². The van der Waals surface area contributed by atoms with Gasteiger partial charge in [0.2, 0.25) is 0 Å². The van der Waals surface area contributed by atoms with Crippen LogP contribution in [0.1, 0.15) is 96.2 Å². The van der Waals surface area contributed by atoms with Crippen molar-refractivity contribution >= 4 is 11.0 Å². The van der Waals surface area contributed by atoms with Crippen molar-refractivity contribution in [3.8, 4) is 5.75 Å². The molecule has 0 saturated heterocycles. The minimum absolute atomic E-state index is 0.304. The van der Waals surface area contributed by atoms with Crippen LogP contribution in [0.2, 0.25) is 0 Å². The van der Waals surface area contributed by atoms with Gasteiger partial charge in [0.1, 0.15) is 17.1 Å². The van der Waals surface area contributed by atoms with Gasteiger partial charge in [0, 0.05) is 11.8 Å². The molecule has 0 aliphatic heterocycles. The van der Waals surface area contributed by atoms with Crippen LogP contribution in [0.25, 0.3) is 11.0 Å². The molecule has 0 saturated carbocycles. The van der Waals surface area contributed by atoms with Crippen LogP contribution in [0.15, 0.2) is 40.8 Å². The van der Waals surface area contributed by atoms with Crippen LogP contribution in [-0.2, 0) is 6.42 Å². The molecule has 27 heavy (non-hydrogen) atoms. The number of hydrogen-bond acceptors (Lipinski definition) is 2. The van der Waals surface area contributed by atoms with E-state index in [0.29, 0.717) is 5.75 Å². The van der Waals surface area contributed by atoms with Crippen LogP contribution < -0.4 is 0 Å². The monoisotopic (exact) mass is 370 g/mol. The molecule has 150 valence electrons. The Balaban J connectivity index is 1.40. The Bertz CT molecular complexity index is 653. The summed E-state index contributed by atoms with van der Waals surface area (Å²) in [5.74, 6) is 1.35. The first-order valence-electron chi connectivity index (χ1n) is 11.2. The molecule has 0 amide bonds.